The Morgan fingerprint density at radius 2 is 1.96 bits per heavy atom. The smallest absolute Gasteiger partial charge is 0.251 e. The second kappa shape index (κ2) is 7.77. The van der Waals surface area contributed by atoms with Crippen LogP contribution in [0.4, 0.5) is 5.69 Å². The number of nitrogens with two attached hydrogens (primary N) is 1. The largest absolute Gasteiger partial charge is 0.381 e. The van der Waals surface area contributed by atoms with Gasteiger partial charge < -0.3 is 21.1 Å². The number of carbonyl (C=O) groups is 2. The second-order valence-corrected chi connectivity index (χ2v) is 6.71. The van der Waals surface area contributed by atoms with Gasteiger partial charge in [-0.05, 0) is 57.4 Å². The van der Waals surface area contributed by atoms with Crippen LogP contribution in [-0.2, 0) is 9.53 Å². The van der Waals surface area contributed by atoms with Crippen molar-refractivity contribution in [3.8, 4) is 0 Å². The lowest BCUT2D eigenvalue weighted by molar-refractivity contribution is -0.130. The van der Waals surface area contributed by atoms with Crippen LogP contribution in [0.1, 0.15) is 42.6 Å². The van der Waals surface area contributed by atoms with Crippen molar-refractivity contribution in [2.45, 2.75) is 39.7 Å². The maximum atomic E-state index is 12.7. The Kier molecular flexibility index (Phi) is 5.96. The number of carbonyl (C=O) groups excluding carboxylic acids is 2. The molecule has 0 atom stereocenters. The summed E-state index contributed by atoms with van der Waals surface area (Å²) in [4.78, 5) is 24.8. The number of ether oxygens (including phenoxy) is 1. The van der Waals surface area contributed by atoms with Gasteiger partial charge in [0.2, 0.25) is 5.91 Å². The number of rotatable bonds is 5. The van der Waals surface area contributed by atoms with Crippen LogP contribution in [0.5, 0.6) is 0 Å². The van der Waals surface area contributed by atoms with E-state index in [1.807, 2.05) is 26.8 Å². The molecule has 2 rings (SSSR count). The van der Waals surface area contributed by atoms with E-state index in [1.54, 1.807) is 12.1 Å². The summed E-state index contributed by atoms with van der Waals surface area (Å²) in [6, 6.07) is 5.39. The summed E-state index contributed by atoms with van der Waals surface area (Å²) in [5.41, 5.74) is 7.40. The Balaban J connectivity index is 2.11. The first kappa shape index (κ1) is 18.4. The zero-order valence-corrected chi connectivity index (χ0v) is 14.6. The van der Waals surface area contributed by atoms with Crippen molar-refractivity contribution in [3.05, 3.63) is 29.3 Å². The van der Waals surface area contributed by atoms with E-state index in [0.29, 0.717) is 43.9 Å². The molecule has 0 spiro atoms. The lowest BCUT2D eigenvalue weighted by atomic mass is 9.79. The molecule has 2 amide bonds. The molecule has 0 bridgehead atoms. The summed E-state index contributed by atoms with van der Waals surface area (Å²) in [5.74, 6) is -0.185. The first-order chi connectivity index (χ1) is 11.4. The average molecular weight is 333 g/mol. The molecule has 0 aromatic heterocycles. The highest BCUT2D eigenvalue weighted by Crippen LogP contribution is 2.31. The number of anilines is 1. The van der Waals surface area contributed by atoms with E-state index in [0.717, 1.165) is 5.56 Å². The molecule has 1 heterocycles. The summed E-state index contributed by atoms with van der Waals surface area (Å²) >= 11 is 0. The maximum absolute atomic E-state index is 12.7. The molecule has 132 valence electrons. The number of hydrogen-bond donors (Lipinski definition) is 3. The minimum atomic E-state index is -0.570. The third-order valence-electron chi connectivity index (χ3n) is 4.47. The molecular formula is C18H27N3O3. The van der Waals surface area contributed by atoms with Gasteiger partial charge in [0.05, 0.1) is 5.41 Å². The maximum Gasteiger partial charge on any atom is 0.251 e. The van der Waals surface area contributed by atoms with Crippen molar-refractivity contribution in [1.29, 1.82) is 0 Å². The lowest BCUT2D eigenvalue weighted by Gasteiger charge is -2.34. The quantitative estimate of drug-likeness (QED) is 0.766. The van der Waals surface area contributed by atoms with Crippen LogP contribution in [0.15, 0.2) is 18.2 Å². The molecule has 0 saturated carbocycles. The van der Waals surface area contributed by atoms with Gasteiger partial charge in [0, 0.05) is 37.1 Å². The zero-order chi connectivity index (χ0) is 17.7. The minimum absolute atomic E-state index is 0.0768. The normalized spacial score (nSPS) is 16.7. The van der Waals surface area contributed by atoms with E-state index in [-0.39, 0.29) is 17.9 Å². The van der Waals surface area contributed by atoms with Gasteiger partial charge in [-0.25, -0.2) is 0 Å². The molecule has 1 aromatic carbocycles. The van der Waals surface area contributed by atoms with Crippen LogP contribution < -0.4 is 16.4 Å². The molecular weight excluding hydrogens is 306 g/mol. The Bertz CT molecular complexity index is 608. The Hall–Kier alpha value is -1.92. The third-order valence-corrected chi connectivity index (χ3v) is 4.47. The van der Waals surface area contributed by atoms with E-state index in [1.165, 1.54) is 0 Å². The predicted octanol–water partition coefficient (Wildman–Crippen LogP) is 1.83. The fourth-order valence-corrected chi connectivity index (χ4v) is 2.89. The van der Waals surface area contributed by atoms with Gasteiger partial charge in [-0.15, -0.1) is 0 Å². The Labute approximate surface area is 143 Å². The van der Waals surface area contributed by atoms with E-state index in [2.05, 4.69) is 10.6 Å². The van der Waals surface area contributed by atoms with Crippen LogP contribution in [0.25, 0.3) is 0 Å². The molecule has 1 aromatic rings. The Morgan fingerprint density at radius 1 is 1.29 bits per heavy atom. The first-order valence-electron chi connectivity index (χ1n) is 8.39. The van der Waals surface area contributed by atoms with Crippen LogP contribution in [0, 0.1) is 12.3 Å². The van der Waals surface area contributed by atoms with Gasteiger partial charge in [-0.1, -0.05) is 0 Å². The summed E-state index contributed by atoms with van der Waals surface area (Å²) in [7, 11) is 0. The second-order valence-electron chi connectivity index (χ2n) is 6.71. The molecule has 6 nitrogen and oxygen atoms in total. The molecule has 1 aliphatic rings. The van der Waals surface area contributed by atoms with Crippen molar-refractivity contribution < 1.29 is 14.3 Å². The summed E-state index contributed by atoms with van der Waals surface area (Å²) in [6.07, 6.45) is 1.26. The SMILES string of the molecule is Cc1cc(NC(=O)C2(CN)CCOCC2)ccc1C(=O)NC(C)C. The molecule has 24 heavy (non-hydrogen) atoms. The van der Waals surface area contributed by atoms with Gasteiger partial charge in [0.15, 0.2) is 0 Å². The fourth-order valence-electron chi connectivity index (χ4n) is 2.89. The van der Waals surface area contributed by atoms with E-state index in [4.69, 9.17) is 10.5 Å². The van der Waals surface area contributed by atoms with E-state index in [9.17, 15) is 9.59 Å². The van der Waals surface area contributed by atoms with Crippen LogP contribution in [0.2, 0.25) is 0 Å². The van der Waals surface area contributed by atoms with Gasteiger partial charge >= 0.3 is 0 Å². The predicted molar refractivity (Wildman–Crippen MR) is 94.0 cm³/mol. The monoisotopic (exact) mass is 333 g/mol. The molecule has 1 fully saturated rings. The average Bonchev–Trinajstić information content (AvgIpc) is 2.54. The topological polar surface area (TPSA) is 93.5 Å². The van der Waals surface area contributed by atoms with Gasteiger partial charge in [0.1, 0.15) is 0 Å². The number of benzene rings is 1. The van der Waals surface area contributed by atoms with E-state index < -0.39 is 5.41 Å². The number of hydrogen-bond acceptors (Lipinski definition) is 4. The molecule has 0 unspecified atom stereocenters. The highest BCUT2D eigenvalue weighted by molar-refractivity contribution is 5.98. The summed E-state index contributed by atoms with van der Waals surface area (Å²) in [5, 5.41) is 5.82. The number of amides is 2. The van der Waals surface area contributed by atoms with Crippen molar-refractivity contribution in [2.24, 2.45) is 11.1 Å². The van der Waals surface area contributed by atoms with Crippen molar-refractivity contribution in [1.82, 2.24) is 5.32 Å². The van der Waals surface area contributed by atoms with Crippen molar-refractivity contribution in [2.75, 3.05) is 25.1 Å². The molecule has 0 radical (unpaired) electrons. The van der Waals surface area contributed by atoms with Crippen molar-refractivity contribution >= 4 is 17.5 Å². The number of aryl methyl sites for hydroxylation is 1. The molecule has 1 saturated heterocycles. The first-order valence-corrected chi connectivity index (χ1v) is 8.39. The minimum Gasteiger partial charge on any atom is -0.381 e. The van der Waals surface area contributed by atoms with Gasteiger partial charge in [0.25, 0.3) is 5.91 Å². The fraction of sp³-hybridized carbons (Fsp3) is 0.556. The van der Waals surface area contributed by atoms with Crippen LogP contribution in [0.3, 0.4) is 0 Å². The highest BCUT2D eigenvalue weighted by Gasteiger charge is 2.38. The highest BCUT2D eigenvalue weighted by atomic mass is 16.5. The zero-order valence-electron chi connectivity index (χ0n) is 14.6. The van der Waals surface area contributed by atoms with Gasteiger partial charge in [-0.3, -0.25) is 9.59 Å². The molecule has 0 aliphatic carbocycles. The van der Waals surface area contributed by atoms with Crippen LogP contribution in [-0.4, -0.2) is 37.6 Å². The van der Waals surface area contributed by atoms with E-state index >= 15 is 0 Å². The standard InChI is InChI=1S/C18H27N3O3/c1-12(2)20-16(22)15-5-4-14(10-13(15)3)21-17(23)18(11-19)6-8-24-9-7-18/h4-5,10,12H,6-9,11,19H2,1-3H3,(H,20,22)(H,21,23). The molecule has 1 aliphatic heterocycles. The molecule has 6 heteroatoms. The third kappa shape index (κ3) is 4.13. The van der Waals surface area contributed by atoms with Gasteiger partial charge in [-0.2, -0.15) is 0 Å². The molecule has 4 N–H and O–H groups in total. The Morgan fingerprint density at radius 3 is 2.50 bits per heavy atom. The van der Waals surface area contributed by atoms with Crippen LogP contribution >= 0.6 is 0 Å². The lowest BCUT2D eigenvalue weighted by Crippen LogP contribution is -2.46. The number of nitrogens with one attached hydrogen (secondary N) is 2. The summed E-state index contributed by atoms with van der Waals surface area (Å²) in [6.45, 7) is 7.11. The van der Waals surface area contributed by atoms with Crippen molar-refractivity contribution in [3.63, 3.8) is 0 Å². The summed E-state index contributed by atoms with van der Waals surface area (Å²) < 4.78 is 5.34.